The molecule has 0 spiro atoms. The molecule has 2 aromatic rings. The molecule has 0 radical (unpaired) electrons. The van der Waals surface area contributed by atoms with Crippen LogP contribution in [0.5, 0.6) is 0 Å². The summed E-state index contributed by atoms with van der Waals surface area (Å²) in [5.74, 6) is 0. The Morgan fingerprint density at radius 2 is 2.13 bits per heavy atom. The predicted octanol–water partition coefficient (Wildman–Crippen LogP) is 1.82. The van der Waals surface area contributed by atoms with Crippen molar-refractivity contribution in [1.82, 2.24) is 30.1 Å². The van der Waals surface area contributed by atoms with Gasteiger partial charge in [-0.25, -0.2) is 4.68 Å². The number of aliphatic hydroxyl groups excluding tert-OH is 1. The molecule has 23 heavy (non-hydrogen) atoms. The minimum Gasteiger partial charge on any atom is -0.390 e. The molecule has 2 N–H and O–H groups in total. The summed E-state index contributed by atoms with van der Waals surface area (Å²) in [4.78, 5) is 0. The zero-order valence-corrected chi connectivity index (χ0v) is 13.9. The third kappa shape index (κ3) is 3.79. The highest BCUT2D eigenvalue weighted by Crippen LogP contribution is 2.28. The van der Waals surface area contributed by atoms with Gasteiger partial charge in [-0.05, 0) is 32.8 Å². The van der Waals surface area contributed by atoms with Crippen LogP contribution in [0.3, 0.4) is 0 Å². The van der Waals surface area contributed by atoms with Crippen molar-refractivity contribution in [2.45, 2.75) is 70.8 Å². The highest BCUT2D eigenvalue weighted by Gasteiger charge is 2.27. The molecule has 0 unspecified atom stereocenters. The molecule has 7 nitrogen and oxygen atoms in total. The Hall–Kier alpha value is -1.73. The quantitative estimate of drug-likeness (QED) is 0.849. The lowest BCUT2D eigenvalue weighted by Crippen LogP contribution is -2.39. The molecule has 1 aliphatic carbocycles. The lowest BCUT2D eigenvalue weighted by Gasteiger charge is -2.32. The second-order valence-corrected chi connectivity index (χ2v) is 6.57. The van der Waals surface area contributed by atoms with Crippen LogP contribution in [-0.4, -0.2) is 35.9 Å². The van der Waals surface area contributed by atoms with Crippen molar-refractivity contribution < 1.29 is 5.11 Å². The first-order valence-corrected chi connectivity index (χ1v) is 8.46. The average Bonchev–Trinajstić information content (AvgIpc) is 3.22. The molecular formula is C16H26N6O. The molecular weight excluding hydrogens is 292 g/mol. The van der Waals surface area contributed by atoms with Crippen LogP contribution in [0.25, 0.3) is 0 Å². The summed E-state index contributed by atoms with van der Waals surface area (Å²) in [6, 6.07) is 3.12. The average molecular weight is 318 g/mol. The summed E-state index contributed by atoms with van der Waals surface area (Å²) in [5, 5.41) is 25.6. The van der Waals surface area contributed by atoms with Gasteiger partial charge in [-0.15, -0.1) is 5.10 Å². The Morgan fingerprint density at radius 3 is 2.83 bits per heavy atom. The Labute approximate surface area is 136 Å². The van der Waals surface area contributed by atoms with Gasteiger partial charge in [-0.1, -0.05) is 18.1 Å². The smallest absolute Gasteiger partial charge is 0.108 e. The summed E-state index contributed by atoms with van der Waals surface area (Å²) in [7, 11) is 0. The van der Waals surface area contributed by atoms with Crippen LogP contribution >= 0.6 is 0 Å². The van der Waals surface area contributed by atoms with Gasteiger partial charge in [0.2, 0.25) is 0 Å². The molecule has 2 atom stereocenters. The summed E-state index contributed by atoms with van der Waals surface area (Å²) < 4.78 is 3.90. The third-order valence-corrected chi connectivity index (χ3v) is 4.53. The fourth-order valence-corrected chi connectivity index (χ4v) is 3.21. The summed E-state index contributed by atoms with van der Waals surface area (Å²) in [6.07, 6.45) is 8.55. The summed E-state index contributed by atoms with van der Waals surface area (Å²) >= 11 is 0. The van der Waals surface area contributed by atoms with E-state index < -0.39 is 0 Å². The number of nitrogens with one attached hydrogen (secondary N) is 1. The molecule has 0 saturated heterocycles. The van der Waals surface area contributed by atoms with Crippen molar-refractivity contribution in [3.8, 4) is 0 Å². The molecule has 126 valence electrons. The number of aromatic nitrogens is 5. The van der Waals surface area contributed by atoms with E-state index in [1.807, 2.05) is 21.8 Å². The Morgan fingerprint density at radius 1 is 1.30 bits per heavy atom. The lowest BCUT2D eigenvalue weighted by atomic mass is 9.90. The van der Waals surface area contributed by atoms with Gasteiger partial charge in [-0.2, -0.15) is 5.10 Å². The number of hydrogen-bond donors (Lipinski definition) is 2. The monoisotopic (exact) mass is 318 g/mol. The zero-order chi connectivity index (χ0) is 16.2. The lowest BCUT2D eigenvalue weighted by molar-refractivity contribution is 0.241. The molecule has 1 saturated carbocycles. The fourth-order valence-electron chi connectivity index (χ4n) is 3.21. The van der Waals surface area contributed by atoms with Crippen LogP contribution in [0.1, 0.15) is 63.0 Å². The zero-order valence-electron chi connectivity index (χ0n) is 13.9. The van der Waals surface area contributed by atoms with E-state index in [0.29, 0.717) is 23.8 Å². The largest absolute Gasteiger partial charge is 0.390 e. The van der Waals surface area contributed by atoms with E-state index in [0.717, 1.165) is 25.1 Å². The minimum absolute atomic E-state index is 0.0581. The van der Waals surface area contributed by atoms with E-state index in [1.165, 1.54) is 12.8 Å². The number of rotatable bonds is 6. The van der Waals surface area contributed by atoms with Gasteiger partial charge >= 0.3 is 0 Å². The molecule has 7 heteroatoms. The first kappa shape index (κ1) is 16.1. The van der Waals surface area contributed by atoms with Gasteiger partial charge in [0.05, 0.1) is 24.5 Å². The van der Waals surface area contributed by atoms with Gasteiger partial charge in [0.1, 0.15) is 5.69 Å². The molecule has 1 fully saturated rings. The van der Waals surface area contributed by atoms with E-state index in [2.05, 4.69) is 40.6 Å². The van der Waals surface area contributed by atoms with Crippen LogP contribution in [0, 0.1) is 0 Å². The maximum atomic E-state index is 9.17. The fraction of sp³-hybridized carbons (Fsp3) is 0.688. The summed E-state index contributed by atoms with van der Waals surface area (Å²) in [6.45, 7) is 4.97. The topological polar surface area (TPSA) is 80.8 Å². The van der Waals surface area contributed by atoms with Crippen LogP contribution in [0.4, 0.5) is 0 Å². The first-order valence-electron chi connectivity index (χ1n) is 8.46. The Bertz CT molecular complexity index is 620. The van der Waals surface area contributed by atoms with Crippen molar-refractivity contribution in [2.24, 2.45) is 0 Å². The van der Waals surface area contributed by atoms with E-state index in [-0.39, 0.29) is 6.61 Å². The predicted molar refractivity (Wildman–Crippen MR) is 86.7 cm³/mol. The Balaban J connectivity index is 1.64. The standard InChI is InChI=1S/C16H26N6O/c1-12(2)21-8-7-13(19-21)9-17-15-5-3-4-6-16(15)22-10-14(11-23)18-20-22/h7-8,10,12,15-17,23H,3-6,9,11H2,1-2H3/t15-,16+/m0/s1. The van der Waals surface area contributed by atoms with Gasteiger partial charge in [0.25, 0.3) is 0 Å². The second-order valence-electron chi connectivity index (χ2n) is 6.57. The van der Waals surface area contributed by atoms with E-state index in [4.69, 9.17) is 0 Å². The highest BCUT2D eigenvalue weighted by molar-refractivity contribution is 5.00. The van der Waals surface area contributed by atoms with E-state index in [1.54, 1.807) is 0 Å². The molecule has 0 aliphatic heterocycles. The van der Waals surface area contributed by atoms with Crippen molar-refractivity contribution in [3.05, 3.63) is 29.8 Å². The normalized spacial score (nSPS) is 21.9. The van der Waals surface area contributed by atoms with Crippen LogP contribution in [0.15, 0.2) is 18.5 Å². The number of hydrogen-bond acceptors (Lipinski definition) is 5. The maximum absolute atomic E-state index is 9.17. The van der Waals surface area contributed by atoms with Crippen LogP contribution < -0.4 is 5.32 Å². The first-order chi connectivity index (χ1) is 11.2. The molecule has 0 bridgehead atoms. The molecule has 0 aromatic carbocycles. The third-order valence-electron chi connectivity index (χ3n) is 4.53. The van der Waals surface area contributed by atoms with Crippen LogP contribution in [0.2, 0.25) is 0 Å². The second kappa shape index (κ2) is 7.23. The molecule has 2 aromatic heterocycles. The van der Waals surface area contributed by atoms with E-state index in [9.17, 15) is 5.11 Å². The van der Waals surface area contributed by atoms with Crippen molar-refractivity contribution in [2.75, 3.05) is 0 Å². The SMILES string of the molecule is CC(C)n1ccc(CN[C@H]2CCCC[C@H]2n2cc(CO)nn2)n1. The molecule has 0 amide bonds. The number of nitrogens with zero attached hydrogens (tertiary/aromatic N) is 5. The minimum atomic E-state index is -0.0581. The van der Waals surface area contributed by atoms with Crippen molar-refractivity contribution in [3.63, 3.8) is 0 Å². The van der Waals surface area contributed by atoms with Gasteiger partial charge in [0, 0.05) is 24.8 Å². The van der Waals surface area contributed by atoms with E-state index >= 15 is 0 Å². The molecule has 3 rings (SSSR count). The number of aliphatic hydroxyl groups is 1. The highest BCUT2D eigenvalue weighted by atomic mass is 16.3. The van der Waals surface area contributed by atoms with Crippen molar-refractivity contribution >= 4 is 0 Å². The summed E-state index contributed by atoms with van der Waals surface area (Å²) in [5.41, 5.74) is 1.70. The van der Waals surface area contributed by atoms with Crippen LogP contribution in [-0.2, 0) is 13.2 Å². The maximum Gasteiger partial charge on any atom is 0.108 e. The van der Waals surface area contributed by atoms with Gasteiger partial charge in [-0.3, -0.25) is 4.68 Å². The molecule has 1 aliphatic rings. The molecule has 2 heterocycles. The van der Waals surface area contributed by atoms with Gasteiger partial charge in [0.15, 0.2) is 0 Å². The van der Waals surface area contributed by atoms with Gasteiger partial charge < -0.3 is 10.4 Å². The van der Waals surface area contributed by atoms with Crippen molar-refractivity contribution in [1.29, 1.82) is 0 Å². The Kier molecular flexibility index (Phi) is 5.07.